The Labute approximate surface area is 131 Å². The minimum Gasteiger partial charge on any atom is -0.449 e. The van der Waals surface area contributed by atoms with Crippen molar-refractivity contribution in [3.05, 3.63) is 30.3 Å². The van der Waals surface area contributed by atoms with Crippen LogP contribution in [0.1, 0.15) is 6.92 Å². The summed E-state index contributed by atoms with van der Waals surface area (Å²) < 4.78 is 6.34. The summed E-state index contributed by atoms with van der Waals surface area (Å²) in [7, 11) is 1.72. The third-order valence-electron chi connectivity index (χ3n) is 3.05. The van der Waals surface area contributed by atoms with Crippen LogP contribution >= 0.6 is 0 Å². The standard InChI is InChI=1S/C14H15N7O2/c1-3-23-14(22)19-17-12-10-13(18-20-21(10)2)16-11(15-12)9-7-5-4-6-8-9/h4-8H,3H2,1-2H3,(H,19,22)(H,15,16,17). The van der Waals surface area contributed by atoms with Crippen LogP contribution in [0.25, 0.3) is 22.6 Å². The number of aryl methyl sites for hydroxylation is 1. The Bertz CT molecular complexity index is 832. The largest absolute Gasteiger partial charge is 0.449 e. The molecule has 0 saturated heterocycles. The summed E-state index contributed by atoms with van der Waals surface area (Å²) >= 11 is 0. The van der Waals surface area contributed by atoms with Crippen LogP contribution in [0.2, 0.25) is 0 Å². The van der Waals surface area contributed by atoms with Crippen LogP contribution in [0.15, 0.2) is 30.3 Å². The molecule has 3 rings (SSSR count). The zero-order valence-corrected chi connectivity index (χ0v) is 12.6. The van der Waals surface area contributed by atoms with Crippen molar-refractivity contribution in [1.29, 1.82) is 0 Å². The van der Waals surface area contributed by atoms with Gasteiger partial charge in [0, 0.05) is 12.6 Å². The predicted molar refractivity (Wildman–Crippen MR) is 83.3 cm³/mol. The Hall–Kier alpha value is -3.23. The first kappa shape index (κ1) is 14.7. The lowest BCUT2D eigenvalue weighted by Crippen LogP contribution is -2.30. The highest BCUT2D eigenvalue weighted by molar-refractivity contribution is 5.85. The molecule has 0 aliphatic heterocycles. The maximum atomic E-state index is 11.5. The number of rotatable bonds is 4. The SMILES string of the molecule is CCOC(=O)NNc1nc(-c2ccccc2)nc2nnn(C)c12. The van der Waals surface area contributed by atoms with Gasteiger partial charge in [-0.15, -0.1) is 5.10 Å². The van der Waals surface area contributed by atoms with Crippen molar-refractivity contribution in [2.45, 2.75) is 6.92 Å². The van der Waals surface area contributed by atoms with Crippen molar-refractivity contribution in [3.63, 3.8) is 0 Å². The van der Waals surface area contributed by atoms with Crippen molar-refractivity contribution in [1.82, 2.24) is 30.4 Å². The first-order valence-electron chi connectivity index (χ1n) is 7.00. The van der Waals surface area contributed by atoms with Crippen molar-refractivity contribution >= 4 is 23.1 Å². The lowest BCUT2D eigenvalue weighted by molar-refractivity contribution is 0.154. The number of aromatic nitrogens is 5. The molecule has 118 valence electrons. The maximum Gasteiger partial charge on any atom is 0.425 e. The first-order chi connectivity index (χ1) is 11.2. The fourth-order valence-electron chi connectivity index (χ4n) is 2.05. The van der Waals surface area contributed by atoms with Gasteiger partial charge in [-0.3, -0.25) is 5.43 Å². The fourth-order valence-corrected chi connectivity index (χ4v) is 2.05. The van der Waals surface area contributed by atoms with Crippen LogP contribution in [0, 0.1) is 0 Å². The number of hydrazine groups is 1. The normalized spacial score (nSPS) is 10.5. The van der Waals surface area contributed by atoms with E-state index in [4.69, 9.17) is 4.74 Å². The van der Waals surface area contributed by atoms with Crippen molar-refractivity contribution in [2.24, 2.45) is 7.05 Å². The lowest BCUT2D eigenvalue weighted by Gasteiger charge is -2.10. The molecule has 0 saturated carbocycles. The minimum absolute atomic E-state index is 0.273. The van der Waals surface area contributed by atoms with Crippen LogP contribution in [-0.4, -0.2) is 37.7 Å². The van der Waals surface area contributed by atoms with E-state index in [1.54, 1.807) is 14.0 Å². The van der Waals surface area contributed by atoms with Gasteiger partial charge in [0.25, 0.3) is 0 Å². The second kappa shape index (κ2) is 6.26. The van der Waals surface area contributed by atoms with Crippen molar-refractivity contribution < 1.29 is 9.53 Å². The number of ether oxygens (including phenoxy) is 1. The molecule has 9 heteroatoms. The molecule has 0 radical (unpaired) electrons. The highest BCUT2D eigenvalue weighted by atomic mass is 16.5. The summed E-state index contributed by atoms with van der Waals surface area (Å²) in [4.78, 5) is 20.3. The third kappa shape index (κ3) is 3.03. The Morgan fingerprint density at radius 1 is 1.26 bits per heavy atom. The molecule has 23 heavy (non-hydrogen) atoms. The van der Waals surface area contributed by atoms with Gasteiger partial charge in [0.15, 0.2) is 17.2 Å². The molecular weight excluding hydrogens is 298 g/mol. The quantitative estimate of drug-likeness (QED) is 0.703. The molecule has 2 aromatic heterocycles. The molecule has 0 aliphatic carbocycles. The zero-order valence-electron chi connectivity index (χ0n) is 12.6. The number of nitrogens with zero attached hydrogens (tertiary/aromatic N) is 5. The van der Waals surface area contributed by atoms with Gasteiger partial charge in [-0.2, -0.15) is 0 Å². The van der Waals surface area contributed by atoms with E-state index in [2.05, 4.69) is 31.1 Å². The molecule has 0 fully saturated rings. The number of anilines is 1. The summed E-state index contributed by atoms with van der Waals surface area (Å²) in [5.74, 6) is 0.862. The third-order valence-corrected chi connectivity index (χ3v) is 3.05. The van der Waals surface area contributed by atoms with Crippen LogP contribution in [0.5, 0.6) is 0 Å². The number of hydrogen-bond donors (Lipinski definition) is 2. The Balaban J connectivity index is 2.00. The van der Waals surface area contributed by atoms with Crippen LogP contribution in [0.4, 0.5) is 10.6 Å². The van der Waals surface area contributed by atoms with Crippen LogP contribution in [0.3, 0.4) is 0 Å². The molecule has 3 aromatic rings. The minimum atomic E-state index is -0.601. The van der Waals surface area contributed by atoms with Gasteiger partial charge in [-0.25, -0.2) is 24.9 Å². The molecule has 0 aliphatic rings. The van der Waals surface area contributed by atoms with E-state index in [0.29, 0.717) is 22.8 Å². The highest BCUT2D eigenvalue weighted by Gasteiger charge is 2.15. The number of fused-ring (bicyclic) bond motifs is 1. The highest BCUT2D eigenvalue weighted by Crippen LogP contribution is 2.22. The number of nitrogens with one attached hydrogen (secondary N) is 2. The average Bonchev–Trinajstić information content (AvgIpc) is 2.95. The molecule has 0 atom stereocenters. The molecule has 2 N–H and O–H groups in total. The smallest absolute Gasteiger partial charge is 0.425 e. The van der Waals surface area contributed by atoms with Crippen LogP contribution < -0.4 is 10.9 Å². The second-order valence-electron chi connectivity index (χ2n) is 4.62. The molecular formula is C14H15N7O2. The van der Waals surface area contributed by atoms with Gasteiger partial charge >= 0.3 is 6.09 Å². The molecule has 2 heterocycles. The summed E-state index contributed by atoms with van der Waals surface area (Å²) in [5.41, 5.74) is 6.98. The van der Waals surface area contributed by atoms with E-state index >= 15 is 0 Å². The fraction of sp³-hybridized carbons (Fsp3) is 0.214. The van der Waals surface area contributed by atoms with Gasteiger partial charge < -0.3 is 4.74 Å². The topological polar surface area (TPSA) is 107 Å². The first-order valence-corrected chi connectivity index (χ1v) is 7.00. The van der Waals surface area contributed by atoms with Crippen LogP contribution in [-0.2, 0) is 11.8 Å². The van der Waals surface area contributed by atoms with E-state index in [9.17, 15) is 4.79 Å². The zero-order chi connectivity index (χ0) is 16.2. The van der Waals surface area contributed by atoms with E-state index in [1.165, 1.54) is 4.68 Å². The van der Waals surface area contributed by atoms with Gasteiger partial charge in [-0.1, -0.05) is 35.5 Å². The number of benzene rings is 1. The molecule has 1 aromatic carbocycles. The predicted octanol–water partition coefficient (Wildman–Crippen LogP) is 1.50. The van der Waals surface area contributed by atoms with E-state index in [1.807, 2.05) is 30.3 Å². The average molecular weight is 313 g/mol. The Morgan fingerprint density at radius 3 is 2.78 bits per heavy atom. The summed E-state index contributed by atoms with van der Waals surface area (Å²) in [6.45, 7) is 2.00. The summed E-state index contributed by atoms with van der Waals surface area (Å²) in [6, 6.07) is 9.47. The van der Waals surface area contributed by atoms with Gasteiger partial charge in [0.05, 0.1) is 6.61 Å². The number of hydrogen-bond acceptors (Lipinski definition) is 7. The van der Waals surface area contributed by atoms with Crippen molar-refractivity contribution in [2.75, 3.05) is 12.0 Å². The van der Waals surface area contributed by atoms with Gasteiger partial charge in [0.2, 0.25) is 5.65 Å². The van der Waals surface area contributed by atoms with E-state index in [-0.39, 0.29) is 6.61 Å². The molecule has 0 unspecified atom stereocenters. The number of amides is 1. The number of carbonyl (C=O) groups excluding carboxylic acids is 1. The Morgan fingerprint density at radius 2 is 2.04 bits per heavy atom. The lowest BCUT2D eigenvalue weighted by atomic mass is 10.2. The Kier molecular flexibility index (Phi) is 4.00. The summed E-state index contributed by atoms with van der Waals surface area (Å²) in [5, 5.41) is 7.94. The van der Waals surface area contributed by atoms with E-state index in [0.717, 1.165) is 5.56 Å². The molecule has 9 nitrogen and oxygen atoms in total. The monoisotopic (exact) mass is 313 g/mol. The van der Waals surface area contributed by atoms with E-state index < -0.39 is 6.09 Å². The molecule has 0 bridgehead atoms. The van der Waals surface area contributed by atoms with Gasteiger partial charge in [0.1, 0.15) is 0 Å². The van der Waals surface area contributed by atoms with Crippen molar-refractivity contribution in [3.8, 4) is 11.4 Å². The second-order valence-corrected chi connectivity index (χ2v) is 4.62. The molecule has 1 amide bonds. The number of carbonyl (C=O) groups is 1. The summed E-state index contributed by atoms with van der Waals surface area (Å²) in [6.07, 6.45) is -0.601. The maximum absolute atomic E-state index is 11.5. The van der Waals surface area contributed by atoms with Gasteiger partial charge in [-0.05, 0) is 6.92 Å². The molecule has 0 spiro atoms.